The number of methoxy groups -OCH3 is 1. The van der Waals surface area contributed by atoms with E-state index in [1.165, 1.54) is 0 Å². The van der Waals surface area contributed by atoms with Gasteiger partial charge in [-0.15, -0.1) is 0 Å². The summed E-state index contributed by atoms with van der Waals surface area (Å²) >= 11 is 0. The molecule has 0 spiro atoms. The van der Waals surface area contributed by atoms with Crippen LogP contribution in [0.2, 0.25) is 0 Å². The van der Waals surface area contributed by atoms with Crippen molar-refractivity contribution in [2.24, 2.45) is 0 Å². The van der Waals surface area contributed by atoms with E-state index in [0.29, 0.717) is 40.6 Å². The first-order chi connectivity index (χ1) is 18.3. The van der Waals surface area contributed by atoms with Gasteiger partial charge in [0.1, 0.15) is 5.82 Å². The Morgan fingerprint density at radius 1 is 0.974 bits per heavy atom. The summed E-state index contributed by atoms with van der Waals surface area (Å²) in [4.78, 5) is 38.6. The number of ether oxygens (including phenoxy) is 1. The number of hydrogen-bond acceptors (Lipinski definition) is 7. The lowest BCUT2D eigenvalue weighted by Crippen LogP contribution is -2.36. The van der Waals surface area contributed by atoms with Gasteiger partial charge in [0.05, 0.1) is 47.2 Å². The highest BCUT2D eigenvalue weighted by atomic mass is 16.5. The molecule has 9 nitrogen and oxygen atoms in total. The summed E-state index contributed by atoms with van der Waals surface area (Å²) in [5.74, 6) is 0.819. The zero-order chi connectivity index (χ0) is 27.4. The molecule has 1 aliphatic rings. The topological polar surface area (TPSA) is 81.2 Å². The summed E-state index contributed by atoms with van der Waals surface area (Å²) in [5.41, 5.74) is 4.07. The molecule has 0 unspecified atom stereocenters. The third-order valence-corrected chi connectivity index (χ3v) is 7.09. The maximum absolute atomic E-state index is 13.3. The fourth-order valence-corrected chi connectivity index (χ4v) is 4.70. The summed E-state index contributed by atoms with van der Waals surface area (Å²) in [6, 6.07) is 14.9. The van der Waals surface area contributed by atoms with Crippen molar-refractivity contribution in [2.45, 2.75) is 13.8 Å². The van der Waals surface area contributed by atoms with E-state index in [1.807, 2.05) is 61.5 Å². The molecule has 1 N–H and O–H groups in total. The lowest BCUT2D eigenvalue weighted by atomic mass is 10.1. The Kier molecular flexibility index (Phi) is 8.16. The number of rotatable bonds is 9. The number of fused-ring (bicyclic) bond motifs is 2. The zero-order valence-electron chi connectivity index (χ0n) is 23.0. The molecule has 2 aromatic carbocycles. The highest BCUT2D eigenvalue weighted by Crippen LogP contribution is 2.40. The van der Waals surface area contributed by atoms with E-state index in [4.69, 9.17) is 4.74 Å². The third kappa shape index (κ3) is 5.15. The molecular weight excluding hydrogens is 480 g/mol. The van der Waals surface area contributed by atoms with Crippen molar-refractivity contribution in [3.8, 4) is 5.75 Å². The maximum atomic E-state index is 13.3. The van der Waals surface area contributed by atoms with Crippen molar-refractivity contribution in [3.63, 3.8) is 0 Å². The molecule has 0 saturated carbocycles. The van der Waals surface area contributed by atoms with Crippen LogP contribution in [0.1, 0.15) is 34.6 Å². The molecule has 3 aromatic rings. The Morgan fingerprint density at radius 3 is 2.42 bits per heavy atom. The van der Waals surface area contributed by atoms with Crippen LogP contribution >= 0.6 is 0 Å². The smallest absolute Gasteiger partial charge is 0.260 e. The summed E-state index contributed by atoms with van der Waals surface area (Å²) < 4.78 is 5.71. The number of carbonyl (C=O) groups is 2. The molecule has 2 amide bonds. The minimum absolute atomic E-state index is 0.0910. The summed E-state index contributed by atoms with van der Waals surface area (Å²) in [6.07, 6.45) is 1.68. The van der Waals surface area contributed by atoms with Crippen molar-refractivity contribution in [2.75, 3.05) is 69.5 Å². The molecule has 0 aliphatic carbocycles. The summed E-state index contributed by atoms with van der Waals surface area (Å²) in [6.45, 7) is 7.55. The van der Waals surface area contributed by atoms with E-state index in [9.17, 15) is 9.59 Å². The molecule has 0 saturated heterocycles. The lowest BCUT2D eigenvalue weighted by Gasteiger charge is -2.24. The van der Waals surface area contributed by atoms with Crippen LogP contribution in [-0.2, 0) is 0 Å². The highest BCUT2D eigenvalue weighted by Gasteiger charge is 2.28. The second-order valence-electron chi connectivity index (χ2n) is 9.26. The number of nitrogens with one attached hydrogen (secondary N) is 1. The molecule has 0 atom stereocenters. The number of pyridine rings is 1. The van der Waals surface area contributed by atoms with Crippen molar-refractivity contribution < 1.29 is 14.3 Å². The normalized spacial score (nSPS) is 12.7. The number of anilines is 5. The van der Waals surface area contributed by atoms with Gasteiger partial charge < -0.3 is 29.7 Å². The van der Waals surface area contributed by atoms with Gasteiger partial charge in [0.2, 0.25) is 0 Å². The summed E-state index contributed by atoms with van der Waals surface area (Å²) in [5, 5.41) is 3.32. The first-order valence-electron chi connectivity index (χ1n) is 12.8. The van der Waals surface area contributed by atoms with E-state index in [-0.39, 0.29) is 11.8 Å². The molecule has 1 aromatic heterocycles. The molecule has 1 aliphatic heterocycles. The van der Waals surface area contributed by atoms with Crippen LogP contribution in [0, 0.1) is 0 Å². The molecule has 0 radical (unpaired) electrons. The Bertz CT molecular complexity index is 1320. The minimum Gasteiger partial charge on any atom is -0.494 e. The number of carbonyl (C=O) groups excluding carboxylic acids is 2. The van der Waals surface area contributed by atoms with Crippen molar-refractivity contribution >= 4 is 40.4 Å². The second-order valence-corrected chi connectivity index (χ2v) is 9.26. The van der Waals surface area contributed by atoms with Crippen LogP contribution in [0.5, 0.6) is 5.75 Å². The van der Waals surface area contributed by atoms with E-state index in [1.54, 1.807) is 36.2 Å². The van der Waals surface area contributed by atoms with Gasteiger partial charge in [-0.3, -0.25) is 9.59 Å². The van der Waals surface area contributed by atoms with Crippen LogP contribution < -0.4 is 19.9 Å². The number of benzene rings is 2. The average Bonchev–Trinajstić information content (AvgIpc) is 3.02. The molecule has 4 rings (SSSR count). The van der Waals surface area contributed by atoms with Crippen LogP contribution in [-0.4, -0.2) is 81.0 Å². The second kappa shape index (κ2) is 11.5. The van der Waals surface area contributed by atoms with Crippen LogP contribution in [0.15, 0.2) is 54.7 Å². The Hall–Kier alpha value is -4.11. The van der Waals surface area contributed by atoms with Crippen molar-refractivity contribution in [1.29, 1.82) is 0 Å². The first-order valence-corrected chi connectivity index (χ1v) is 12.8. The molecule has 38 heavy (non-hydrogen) atoms. The highest BCUT2D eigenvalue weighted by molar-refractivity contribution is 6.13. The first kappa shape index (κ1) is 26.9. The largest absolute Gasteiger partial charge is 0.494 e. The quantitative estimate of drug-likeness (QED) is 0.445. The predicted molar refractivity (Wildman–Crippen MR) is 153 cm³/mol. The van der Waals surface area contributed by atoms with Crippen LogP contribution in [0.3, 0.4) is 0 Å². The predicted octanol–water partition coefficient (Wildman–Crippen LogP) is 4.61. The zero-order valence-corrected chi connectivity index (χ0v) is 23.0. The molecule has 2 heterocycles. The molecule has 200 valence electrons. The fraction of sp³-hybridized carbons (Fsp3) is 0.345. The fourth-order valence-electron chi connectivity index (χ4n) is 4.70. The van der Waals surface area contributed by atoms with Gasteiger partial charge in [-0.05, 0) is 37.4 Å². The summed E-state index contributed by atoms with van der Waals surface area (Å²) in [7, 11) is 7.05. The number of likely N-dealkylation sites (N-methyl/N-ethyl adjacent to an activating group) is 2. The Labute approximate surface area is 224 Å². The van der Waals surface area contributed by atoms with E-state index >= 15 is 0 Å². The minimum atomic E-state index is -0.107. The lowest BCUT2D eigenvalue weighted by molar-refractivity contribution is 0.0776. The van der Waals surface area contributed by atoms with Gasteiger partial charge in [0.25, 0.3) is 11.8 Å². The number of para-hydroxylation sites is 2. The monoisotopic (exact) mass is 516 g/mol. The number of aromatic nitrogens is 1. The van der Waals surface area contributed by atoms with Crippen LogP contribution in [0.4, 0.5) is 28.6 Å². The van der Waals surface area contributed by atoms with Crippen LogP contribution in [0.25, 0.3) is 0 Å². The Morgan fingerprint density at radius 2 is 1.71 bits per heavy atom. The number of nitrogens with zero attached hydrogens (tertiary/aromatic N) is 5. The van der Waals surface area contributed by atoms with E-state index in [2.05, 4.69) is 29.0 Å². The number of hydrogen-bond donors (Lipinski definition) is 1. The molecule has 9 heteroatoms. The molecule has 0 fully saturated rings. The maximum Gasteiger partial charge on any atom is 0.260 e. The van der Waals surface area contributed by atoms with Gasteiger partial charge in [-0.2, -0.15) is 0 Å². The van der Waals surface area contributed by atoms with E-state index < -0.39 is 0 Å². The van der Waals surface area contributed by atoms with E-state index in [0.717, 1.165) is 31.0 Å². The standard InChI is InChI=1S/C29H36N6O3/c1-7-35(8-2)17-16-32(3)28(36)21-13-11-14-22(27(21)38-6)31-26-18-24-25(19-30-26)34(5)29(37)20-12-9-10-15-23(20)33(24)4/h9-15,18-19H,7-8,16-17H2,1-6H3,(H,30,31). The third-order valence-electron chi connectivity index (χ3n) is 7.09. The van der Waals surface area contributed by atoms with Crippen molar-refractivity contribution in [3.05, 3.63) is 65.9 Å². The van der Waals surface area contributed by atoms with Gasteiger partial charge in [0.15, 0.2) is 5.75 Å². The SMILES string of the molecule is CCN(CC)CCN(C)C(=O)c1cccc(Nc2cc3c(cn2)N(C)C(=O)c2ccccc2N3C)c1OC. The number of amides is 2. The molecular formula is C29H36N6O3. The van der Waals surface area contributed by atoms with Crippen molar-refractivity contribution in [1.82, 2.24) is 14.8 Å². The molecule has 0 bridgehead atoms. The average molecular weight is 517 g/mol. The van der Waals surface area contributed by atoms with Gasteiger partial charge in [0, 0.05) is 40.3 Å². The van der Waals surface area contributed by atoms with Gasteiger partial charge in [-0.25, -0.2) is 4.98 Å². The van der Waals surface area contributed by atoms with Gasteiger partial charge >= 0.3 is 0 Å². The Balaban J connectivity index is 1.63. The van der Waals surface area contributed by atoms with Gasteiger partial charge in [-0.1, -0.05) is 32.0 Å².